The number of hydrogen-bond acceptors (Lipinski definition) is 5. The van der Waals surface area contributed by atoms with Crippen LogP contribution in [0.2, 0.25) is 0 Å². The van der Waals surface area contributed by atoms with E-state index in [4.69, 9.17) is 14.2 Å². The van der Waals surface area contributed by atoms with Crippen molar-refractivity contribution in [3.63, 3.8) is 0 Å². The third-order valence-electron chi connectivity index (χ3n) is 5.33. The summed E-state index contributed by atoms with van der Waals surface area (Å²) in [5, 5.41) is 6.97. The Morgan fingerprint density at radius 3 is 2.39 bits per heavy atom. The summed E-state index contributed by atoms with van der Waals surface area (Å²) < 4.78 is 16.5. The van der Waals surface area contributed by atoms with E-state index in [1.165, 1.54) is 5.56 Å². The Hall–Kier alpha value is -1.99. The van der Waals surface area contributed by atoms with Gasteiger partial charge in [0.2, 0.25) is 0 Å². The molecular weight excluding hydrogens is 356 g/mol. The van der Waals surface area contributed by atoms with Crippen molar-refractivity contribution in [2.24, 2.45) is 10.9 Å². The largest absolute Gasteiger partial charge is 0.493 e. The molecule has 2 N–H and O–H groups in total. The van der Waals surface area contributed by atoms with Gasteiger partial charge >= 0.3 is 0 Å². The molecule has 1 aliphatic heterocycles. The monoisotopic (exact) mass is 392 g/mol. The second-order valence-corrected chi connectivity index (χ2v) is 7.41. The van der Waals surface area contributed by atoms with Gasteiger partial charge < -0.3 is 24.8 Å². The first-order valence-electron chi connectivity index (χ1n) is 10.0. The Labute approximate surface area is 169 Å². The molecule has 0 aromatic heterocycles. The zero-order chi connectivity index (χ0) is 20.5. The lowest BCUT2D eigenvalue weighted by Gasteiger charge is -2.35. The minimum absolute atomic E-state index is 0.177. The molecular formula is C21H36N4O3. The maximum atomic E-state index is 5.55. The molecule has 7 heteroatoms. The van der Waals surface area contributed by atoms with Gasteiger partial charge in [-0.1, -0.05) is 19.9 Å². The van der Waals surface area contributed by atoms with Crippen LogP contribution in [0.4, 0.5) is 0 Å². The summed E-state index contributed by atoms with van der Waals surface area (Å²) in [5.74, 6) is 2.83. The van der Waals surface area contributed by atoms with Crippen molar-refractivity contribution in [2.45, 2.75) is 32.9 Å². The van der Waals surface area contributed by atoms with Crippen LogP contribution < -0.4 is 20.1 Å². The van der Waals surface area contributed by atoms with Crippen molar-refractivity contribution < 1.29 is 14.2 Å². The highest BCUT2D eigenvalue weighted by atomic mass is 16.5. The Bertz CT molecular complexity index is 630. The summed E-state index contributed by atoms with van der Waals surface area (Å²) in [5.41, 5.74) is 1.18. The molecule has 1 aromatic carbocycles. The molecule has 2 atom stereocenters. The molecule has 1 aromatic rings. The van der Waals surface area contributed by atoms with Gasteiger partial charge in [0.05, 0.1) is 33.5 Å². The minimum Gasteiger partial charge on any atom is -0.493 e. The maximum absolute atomic E-state index is 5.55. The molecule has 0 saturated carbocycles. The highest BCUT2D eigenvalue weighted by molar-refractivity contribution is 5.80. The summed E-state index contributed by atoms with van der Waals surface area (Å²) in [7, 11) is 5.13. The third-order valence-corrected chi connectivity index (χ3v) is 5.33. The van der Waals surface area contributed by atoms with E-state index < -0.39 is 0 Å². The molecule has 0 amide bonds. The van der Waals surface area contributed by atoms with Crippen LogP contribution in [0.3, 0.4) is 0 Å². The number of hydrogen-bond donors (Lipinski definition) is 2. The van der Waals surface area contributed by atoms with Crippen molar-refractivity contribution in [3.05, 3.63) is 23.8 Å². The smallest absolute Gasteiger partial charge is 0.191 e. The lowest BCUT2D eigenvalue weighted by Crippen LogP contribution is -2.48. The Morgan fingerprint density at radius 1 is 1.14 bits per heavy atom. The number of nitrogens with one attached hydrogen (secondary N) is 2. The van der Waals surface area contributed by atoms with Gasteiger partial charge in [0.1, 0.15) is 0 Å². The molecule has 0 radical (unpaired) electrons. The van der Waals surface area contributed by atoms with Crippen LogP contribution in [0.25, 0.3) is 0 Å². The van der Waals surface area contributed by atoms with Gasteiger partial charge in [-0.05, 0) is 30.5 Å². The van der Waals surface area contributed by atoms with Gasteiger partial charge in [-0.2, -0.15) is 0 Å². The standard InChI is InChI=1S/C21H36N4O3/c1-15(2)16(3)24-21(22-4)23-14-18(25-9-11-28-12-10-25)17-7-8-19(26-5)20(13-17)27-6/h7-8,13,15-16,18H,9-12,14H2,1-6H3,(H2,22,23,24). The van der Waals surface area contributed by atoms with Gasteiger partial charge in [-0.25, -0.2) is 0 Å². The Balaban J connectivity index is 2.18. The van der Waals surface area contributed by atoms with Crippen molar-refractivity contribution in [2.75, 3.05) is 54.1 Å². The fourth-order valence-electron chi connectivity index (χ4n) is 3.18. The average Bonchev–Trinajstić information content (AvgIpc) is 2.73. The van der Waals surface area contributed by atoms with E-state index in [2.05, 4.69) is 53.4 Å². The quantitative estimate of drug-likeness (QED) is 0.523. The van der Waals surface area contributed by atoms with Crippen LogP contribution >= 0.6 is 0 Å². The number of rotatable bonds is 8. The third kappa shape index (κ3) is 6.01. The summed E-state index contributed by atoms with van der Waals surface area (Å²) >= 11 is 0. The number of morpholine rings is 1. The van der Waals surface area contributed by atoms with Crippen LogP contribution in [0.15, 0.2) is 23.2 Å². The first-order chi connectivity index (χ1) is 13.5. The summed E-state index contributed by atoms with van der Waals surface area (Å²) in [6.45, 7) is 10.6. The fraction of sp³-hybridized carbons (Fsp3) is 0.667. The van der Waals surface area contributed by atoms with E-state index in [9.17, 15) is 0 Å². The second kappa shape index (κ2) is 11.1. The zero-order valence-electron chi connectivity index (χ0n) is 18.1. The van der Waals surface area contributed by atoms with Crippen molar-refractivity contribution in [1.29, 1.82) is 0 Å². The summed E-state index contributed by atoms with van der Waals surface area (Å²) in [6, 6.07) is 6.66. The summed E-state index contributed by atoms with van der Waals surface area (Å²) in [6.07, 6.45) is 0. The number of nitrogens with zero attached hydrogens (tertiary/aromatic N) is 2. The van der Waals surface area contributed by atoms with Gasteiger partial charge in [0.25, 0.3) is 0 Å². The highest BCUT2D eigenvalue weighted by Gasteiger charge is 2.24. The van der Waals surface area contributed by atoms with E-state index in [1.807, 2.05) is 13.1 Å². The normalized spacial score (nSPS) is 17.9. The molecule has 1 heterocycles. The molecule has 0 spiro atoms. The van der Waals surface area contributed by atoms with Crippen LogP contribution in [-0.4, -0.2) is 71.0 Å². The topological polar surface area (TPSA) is 67.4 Å². The van der Waals surface area contributed by atoms with Crippen molar-refractivity contribution in [1.82, 2.24) is 15.5 Å². The van der Waals surface area contributed by atoms with E-state index >= 15 is 0 Å². The number of aliphatic imine (C=N–C) groups is 1. The van der Waals surface area contributed by atoms with Crippen LogP contribution in [0.1, 0.15) is 32.4 Å². The predicted molar refractivity (Wildman–Crippen MR) is 113 cm³/mol. The fourth-order valence-corrected chi connectivity index (χ4v) is 3.18. The van der Waals surface area contributed by atoms with Crippen molar-refractivity contribution in [3.8, 4) is 11.5 Å². The molecule has 0 aliphatic carbocycles. The number of methoxy groups -OCH3 is 2. The number of guanidine groups is 1. The zero-order valence-corrected chi connectivity index (χ0v) is 18.1. The molecule has 1 saturated heterocycles. The van der Waals surface area contributed by atoms with E-state index in [0.29, 0.717) is 12.0 Å². The molecule has 158 valence electrons. The highest BCUT2D eigenvalue weighted by Crippen LogP contribution is 2.32. The first-order valence-corrected chi connectivity index (χ1v) is 10.0. The number of ether oxygens (including phenoxy) is 3. The lowest BCUT2D eigenvalue weighted by atomic mass is 10.0. The molecule has 2 rings (SSSR count). The molecule has 1 fully saturated rings. The molecule has 2 unspecified atom stereocenters. The van der Waals surface area contributed by atoms with Gasteiger partial charge in [0, 0.05) is 32.7 Å². The molecule has 7 nitrogen and oxygen atoms in total. The van der Waals surface area contributed by atoms with Gasteiger partial charge in [-0.15, -0.1) is 0 Å². The molecule has 28 heavy (non-hydrogen) atoms. The first kappa shape index (κ1) is 22.3. The molecule has 0 bridgehead atoms. The Morgan fingerprint density at radius 2 is 1.82 bits per heavy atom. The Kier molecular flexibility index (Phi) is 8.86. The maximum Gasteiger partial charge on any atom is 0.191 e. The van der Waals surface area contributed by atoms with Gasteiger partial charge in [-0.3, -0.25) is 9.89 Å². The predicted octanol–water partition coefficient (Wildman–Crippen LogP) is 2.29. The SMILES string of the molecule is CN=C(NCC(c1ccc(OC)c(OC)c1)N1CCOCC1)NC(C)C(C)C. The van der Waals surface area contributed by atoms with Crippen LogP contribution in [-0.2, 0) is 4.74 Å². The minimum atomic E-state index is 0.177. The van der Waals surface area contributed by atoms with E-state index in [-0.39, 0.29) is 6.04 Å². The van der Waals surface area contributed by atoms with Crippen LogP contribution in [0, 0.1) is 5.92 Å². The van der Waals surface area contributed by atoms with Crippen molar-refractivity contribution >= 4 is 5.96 Å². The molecule has 1 aliphatic rings. The lowest BCUT2D eigenvalue weighted by molar-refractivity contribution is 0.0169. The van der Waals surface area contributed by atoms with Gasteiger partial charge in [0.15, 0.2) is 17.5 Å². The van der Waals surface area contributed by atoms with E-state index in [1.54, 1.807) is 14.2 Å². The summed E-state index contributed by atoms with van der Waals surface area (Å²) in [4.78, 5) is 6.83. The number of benzene rings is 1. The van der Waals surface area contributed by atoms with Crippen LogP contribution in [0.5, 0.6) is 11.5 Å². The van der Waals surface area contributed by atoms with E-state index in [0.717, 1.165) is 50.3 Å². The average molecular weight is 393 g/mol. The second-order valence-electron chi connectivity index (χ2n) is 7.41.